The van der Waals surface area contributed by atoms with Gasteiger partial charge in [-0.3, -0.25) is 9.11 Å². The van der Waals surface area contributed by atoms with Gasteiger partial charge >= 0.3 is 0 Å². The van der Waals surface area contributed by atoms with E-state index in [4.69, 9.17) is 11.6 Å². The predicted molar refractivity (Wildman–Crippen MR) is 201 cm³/mol. The molecule has 264 valence electrons. The highest BCUT2D eigenvalue weighted by atomic mass is 35.5. The maximum absolute atomic E-state index is 11.3. The van der Waals surface area contributed by atoms with Gasteiger partial charge in [0.05, 0.1) is 11.5 Å². The highest BCUT2D eigenvalue weighted by molar-refractivity contribution is 7.86. The van der Waals surface area contributed by atoms with E-state index in [1.165, 1.54) is 27.8 Å². The van der Waals surface area contributed by atoms with Gasteiger partial charge in [0.25, 0.3) is 20.2 Å². The van der Waals surface area contributed by atoms with E-state index in [-0.39, 0.29) is 22.3 Å². The summed E-state index contributed by atoms with van der Waals surface area (Å²) in [6.45, 7) is 9.49. The minimum absolute atomic E-state index is 0.232. The van der Waals surface area contributed by atoms with Crippen molar-refractivity contribution in [2.45, 2.75) is 89.9 Å². The Morgan fingerprint density at radius 1 is 0.776 bits per heavy atom. The van der Waals surface area contributed by atoms with E-state index in [1.807, 2.05) is 18.2 Å². The molecule has 5 rings (SSSR count). The van der Waals surface area contributed by atoms with Gasteiger partial charge in [0.15, 0.2) is 0 Å². The predicted octanol–water partition coefficient (Wildman–Crippen LogP) is 9.30. The molecule has 0 spiro atoms. The van der Waals surface area contributed by atoms with Crippen molar-refractivity contribution in [3.05, 3.63) is 117 Å². The third kappa shape index (κ3) is 8.51. The molecule has 0 fully saturated rings. The zero-order valence-electron chi connectivity index (χ0n) is 28.9. The second kappa shape index (κ2) is 14.7. The van der Waals surface area contributed by atoms with Gasteiger partial charge in [-0.1, -0.05) is 100.0 Å². The summed E-state index contributed by atoms with van der Waals surface area (Å²) in [7, 11) is -7.98. The average Bonchev–Trinajstić information content (AvgIpc) is 3.37. The van der Waals surface area contributed by atoms with Crippen LogP contribution >= 0.6 is 11.6 Å². The number of unbranched alkanes of at least 4 members (excludes halogenated alkanes) is 2. The number of benzene rings is 2. The van der Waals surface area contributed by atoms with Crippen molar-refractivity contribution in [2.24, 2.45) is 0 Å². The summed E-state index contributed by atoms with van der Waals surface area (Å²) in [6.07, 6.45) is 14.1. The normalized spacial score (nSPS) is 20.6. The Balaban J connectivity index is 1.44. The first-order valence-corrected chi connectivity index (χ1v) is 20.7. The SMILES string of the molecule is CC1(C)C(/C=C/C2=C(Cl)C(=C/C=C3/N(CCCCS(=O)(=O)O)c4ccccc4C3(C)C)/CCC2)=C(CCCCS(=O)(=O)O)c2ccccc21. The average molecular weight is 726 g/mol. The number of allylic oxidation sites excluding steroid dienone is 10. The Labute approximate surface area is 297 Å². The summed E-state index contributed by atoms with van der Waals surface area (Å²) in [5, 5.41) is 0.760. The lowest BCUT2D eigenvalue weighted by molar-refractivity contribution is 0.478. The van der Waals surface area contributed by atoms with Crippen LogP contribution in [0.3, 0.4) is 0 Å². The lowest BCUT2D eigenvalue weighted by Crippen LogP contribution is -2.27. The minimum Gasteiger partial charge on any atom is -0.344 e. The van der Waals surface area contributed by atoms with E-state index in [2.05, 4.69) is 87.2 Å². The molecule has 0 unspecified atom stereocenters. The van der Waals surface area contributed by atoms with Crippen molar-refractivity contribution in [1.82, 2.24) is 0 Å². The summed E-state index contributed by atoms with van der Waals surface area (Å²) in [5.41, 5.74) is 9.95. The van der Waals surface area contributed by atoms with Crippen molar-refractivity contribution in [3.8, 4) is 0 Å². The largest absolute Gasteiger partial charge is 0.344 e. The molecule has 1 heterocycles. The highest BCUT2D eigenvalue weighted by Gasteiger charge is 2.39. The fourth-order valence-corrected chi connectivity index (χ4v) is 9.08. The van der Waals surface area contributed by atoms with Crippen LogP contribution in [0.5, 0.6) is 0 Å². The number of para-hydroxylation sites is 1. The van der Waals surface area contributed by atoms with Crippen molar-refractivity contribution in [2.75, 3.05) is 23.0 Å². The molecule has 2 aliphatic carbocycles. The van der Waals surface area contributed by atoms with Gasteiger partial charge in [-0.25, -0.2) is 0 Å². The molecule has 2 aromatic rings. The third-order valence-corrected chi connectivity index (χ3v) is 12.3. The van der Waals surface area contributed by atoms with E-state index in [0.717, 1.165) is 46.8 Å². The van der Waals surface area contributed by atoms with Crippen molar-refractivity contribution in [3.63, 3.8) is 0 Å². The van der Waals surface area contributed by atoms with Crippen LogP contribution in [0.4, 0.5) is 5.69 Å². The first-order chi connectivity index (χ1) is 23.0. The summed E-state index contributed by atoms with van der Waals surface area (Å²) in [5.74, 6) is -0.485. The Hall–Kier alpha value is -2.95. The van der Waals surface area contributed by atoms with E-state index < -0.39 is 20.2 Å². The number of fused-ring (bicyclic) bond motifs is 2. The second-order valence-corrected chi connectivity index (χ2v) is 17.9. The fourth-order valence-electron chi connectivity index (χ4n) is 7.63. The molecular weight excluding hydrogens is 678 g/mol. The maximum Gasteiger partial charge on any atom is 0.264 e. The van der Waals surface area contributed by atoms with Crippen LogP contribution in [0, 0.1) is 0 Å². The molecule has 0 bridgehead atoms. The van der Waals surface area contributed by atoms with E-state index in [0.29, 0.717) is 38.6 Å². The number of rotatable bonds is 13. The molecule has 0 saturated heterocycles. The molecule has 10 heteroatoms. The first-order valence-electron chi connectivity index (χ1n) is 17.1. The standard InChI is InChI=1S/C39H48ClNO6S2/c1-38(2)32-18-6-5-16-30(32)31(17-9-11-26-48(42,43)44)33(38)23-21-28-14-13-15-29(37(28)40)22-24-36-39(3,4)34-19-7-8-20-35(34)41(36)25-10-12-27-49(45,46)47/h5-8,16,18-24H,9-15,17,25-27H2,1-4H3,(H,42,43,44)(H,45,46,47)/b23-21+,29-22+,36-24+. The zero-order valence-corrected chi connectivity index (χ0v) is 31.3. The Morgan fingerprint density at radius 3 is 2.10 bits per heavy atom. The van der Waals surface area contributed by atoms with Gasteiger partial charge in [-0.2, -0.15) is 16.8 Å². The maximum atomic E-state index is 11.3. The second-order valence-electron chi connectivity index (χ2n) is 14.4. The van der Waals surface area contributed by atoms with Crippen molar-refractivity contribution >= 4 is 43.1 Å². The molecule has 2 aromatic carbocycles. The van der Waals surface area contributed by atoms with Crippen LogP contribution < -0.4 is 4.90 Å². The number of anilines is 1. The van der Waals surface area contributed by atoms with E-state index >= 15 is 0 Å². The smallest absolute Gasteiger partial charge is 0.264 e. The molecule has 0 saturated carbocycles. The number of nitrogens with zero attached hydrogens (tertiary/aromatic N) is 1. The van der Waals surface area contributed by atoms with Crippen LogP contribution in [0.15, 0.2) is 100 Å². The molecule has 7 nitrogen and oxygen atoms in total. The summed E-state index contributed by atoms with van der Waals surface area (Å²) in [6, 6.07) is 16.7. The van der Waals surface area contributed by atoms with Crippen molar-refractivity contribution in [1.29, 1.82) is 0 Å². The Kier molecular flexibility index (Phi) is 11.2. The fraction of sp³-hybridized carbons (Fsp3) is 0.436. The lowest BCUT2D eigenvalue weighted by Gasteiger charge is -2.27. The highest BCUT2D eigenvalue weighted by Crippen LogP contribution is 2.50. The van der Waals surface area contributed by atoms with E-state index in [9.17, 15) is 25.9 Å². The molecular formula is C39H48ClNO6S2. The van der Waals surface area contributed by atoms with Crippen LogP contribution in [0.25, 0.3) is 5.57 Å². The molecule has 0 atom stereocenters. The molecule has 1 aliphatic heterocycles. The van der Waals surface area contributed by atoms with E-state index in [1.54, 1.807) is 0 Å². The summed E-state index contributed by atoms with van der Waals surface area (Å²) >= 11 is 7.14. The Bertz CT molecular complexity index is 1970. The summed E-state index contributed by atoms with van der Waals surface area (Å²) < 4.78 is 63.7. The molecule has 0 amide bonds. The summed E-state index contributed by atoms with van der Waals surface area (Å²) in [4.78, 5) is 2.27. The number of hydrogen-bond donors (Lipinski definition) is 2. The Morgan fingerprint density at radius 2 is 1.41 bits per heavy atom. The van der Waals surface area contributed by atoms with Gasteiger partial charge in [0, 0.05) is 33.8 Å². The zero-order chi connectivity index (χ0) is 35.6. The minimum atomic E-state index is -4.00. The molecule has 49 heavy (non-hydrogen) atoms. The van der Waals surface area contributed by atoms with Crippen molar-refractivity contribution < 1.29 is 25.9 Å². The lowest BCUT2D eigenvalue weighted by atomic mass is 9.80. The quantitative estimate of drug-likeness (QED) is 0.156. The number of hydrogen-bond acceptors (Lipinski definition) is 5. The van der Waals surface area contributed by atoms with Gasteiger partial charge in [-0.05, 0) is 102 Å². The van der Waals surface area contributed by atoms with Gasteiger partial charge in [-0.15, -0.1) is 0 Å². The van der Waals surface area contributed by atoms with Crippen LogP contribution in [-0.4, -0.2) is 44.0 Å². The van der Waals surface area contributed by atoms with Crippen LogP contribution in [-0.2, 0) is 31.1 Å². The third-order valence-electron chi connectivity index (χ3n) is 10.2. The molecule has 2 N–H and O–H groups in total. The molecule has 0 radical (unpaired) electrons. The molecule has 0 aromatic heterocycles. The topological polar surface area (TPSA) is 112 Å². The van der Waals surface area contributed by atoms with Gasteiger partial charge in [0.1, 0.15) is 0 Å². The molecule has 3 aliphatic rings. The monoisotopic (exact) mass is 725 g/mol. The van der Waals surface area contributed by atoms with Gasteiger partial charge < -0.3 is 4.90 Å². The number of halogens is 1. The first kappa shape index (κ1) is 37.3. The van der Waals surface area contributed by atoms with Gasteiger partial charge in [0.2, 0.25) is 0 Å². The van der Waals surface area contributed by atoms with Crippen LogP contribution in [0.1, 0.15) is 95.8 Å². The van der Waals surface area contributed by atoms with Crippen LogP contribution in [0.2, 0.25) is 0 Å².